The van der Waals surface area contributed by atoms with Gasteiger partial charge in [-0.15, -0.1) is 0 Å². The SMILES string of the molecule is C=[C]c1cc(CCC)cc(C(F)(F)F)c1. The summed E-state index contributed by atoms with van der Waals surface area (Å²) in [7, 11) is 0. The molecule has 0 aliphatic heterocycles. The molecule has 0 nitrogen and oxygen atoms in total. The first-order chi connectivity index (χ1) is 6.97. The van der Waals surface area contributed by atoms with Gasteiger partial charge in [0.15, 0.2) is 0 Å². The molecule has 15 heavy (non-hydrogen) atoms. The van der Waals surface area contributed by atoms with Crippen LogP contribution in [0, 0.1) is 6.08 Å². The fourth-order valence-corrected chi connectivity index (χ4v) is 1.39. The van der Waals surface area contributed by atoms with Crippen molar-refractivity contribution in [3.63, 3.8) is 0 Å². The van der Waals surface area contributed by atoms with Crippen LogP contribution in [0.15, 0.2) is 24.8 Å². The smallest absolute Gasteiger partial charge is 0.166 e. The van der Waals surface area contributed by atoms with Gasteiger partial charge in [0.05, 0.1) is 5.56 Å². The van der Waals surface area contributed by atoms with Crippen molar-refractivity contribution in [2.75, 3.05) is 0 Å². The van der Waals surface area contributed by atoms with E-state index in [9.17, 15) is 13.2 Å². The van der Waals surface area contributed by atoms with Gasteiger partial charge in [-0.05, 0) is 35.8 Å². The summed E-state index contributed by atoms with van der Waals surface area (Å²) in [5.41, 5.74) is 0.450. The van der Waals surface area contributed by atoms with E-state index in [-0.39, 0.29) is 0 Å². The first-order valence-electron chi connectivity index (χ1n) is 4.71. The minimum atomic E-state index is -4.30. The van der Waals surface area contributed by atoms with Crippen LogP contribution >= 0.6 is 0 Å². The molecule has 0 aliphatic rings. The van der Waals surface area contributed by atoms with Gasteiger partial charge in [0.2, 0.25) is 0 Å². The molecule has 3 heteroatoms. The highest BCUT2D eigenvalue weighted by atomic mass is 19.4. The average Bonchev–Trinajstić information content (AvgIpc) is 2.16. The molecule has 0 saturated heterocycles. The van der Waals surface area contributed by atoms with Crippen molar-refractivity contribution in [3.8, 4) is 0 Å². The van der Waals surface area contributed by atoms with Gasteiger partial charge in [-0.25, -0.2) is 0 Å². The summed E-state index contributed by atoms with van der Waals surface area (Å²) in [4.78, 5) is 0. The first kappa shape index (κ1) is 11.8. The number of hydrogen-bond donors (Lipinski definition) is 0. The molecule has 0 N–H and O–H groups in total. The second-order valence-corrected chi connectivity index (χ2v) is 3.34. The fourth-order valence-electron chi connectivity index (χ4n) is 1.39. The molecule has 0 unspecified atom stereocenters. The van der Waals surface area contributed by atoms with Crippen molar-refractivity contribution in [2.45, 2.75) is 25.9 Å². The Morgan fingerprint density at radius 2 is 1.93 bits per heavy atom. The Balaban J connectivity index is 3.17. The third-order valence-electron chi connectivity index (χ3n) is 2.06. The lowest BCUT2D eigenvalue weighted by Gasteiger charge is -2.10. The van der Waals surface area contributed by atoms with Crippen LogP contribution in [0.25, 0.3) is 0 Å². The van der Waals surface area contributed by atoms with Crippen molar-refractivity contribution in [2.24, 2.45) is 0 Å². The zero-order chi connectivity index (χ0) is 11.5. The molecule has 0 amide bonds. The predicted molar refractivity (Wildman–Crippen MR) is 53.4 cm³/mol. The Hall–Kier alpha value is -1.25. The summed E-state index contributed by atoms with van der Waals surface area (Å²) in [6.07, 6.45) is -0.353. The Kier molecular flexibility index (Phi) is 3.56. The zero-order valence-corrected chi connectivity index (χ0v) is 8.49. The second kappa shape index (κ2) is 4.51. The standard InChI is InChI=1S/C12H12F3/c1-3-5-10-6-9(4-2)7-11(8-10)12(13,14)15/h6-8H,2-3,5H2,1H3. The van der Waals surface area contributed by atoms with Gasteiger partial charge in [0.1, 0.15) is 0 Å². The van der Waals surface area contributed by atoms with Crippen molar-refractivity contribution in [1.29, 1.82) is 0 Å². The Bertz CT molecular complexity index is 350. The lowest BCUT2D eigenvalue weighted by atomic mass is 10.0. The quantitative estimate of drug-likeness (QED) is 0.712. The molecule has 81 valence electrons. The zero-order valence-electron chi connectivity index (χ0n) is 8.49. The monoisotopic (exact) mass is 213 g/mol. The van der Waals surface area contributed by atoms with Gasteiger partial charge < -0.3 is 0 Å². The topological polar surface area (TPSA) is 0 Å². The molecular weight excluding hydrogens is 201 g/mol. The largest absolute Gasteiger partial charge is 0.416 e. The Labute approximate surface area is 87.4 Å². The summed E-state index contributed by atoms with van der Waals surface area (Å²) >= 11 is 0. The van der Waals surface area contributed by atoms with E-state index in [1.54, 1.807) is 6.07 Å². The lowest BCUT2D eigenvalue weighted by molar-refractivity contribution is -0.137. The summed E-state index contributed by atoms with van der Waals surface area (Å²) in [6.45, 7) is 5.29. The predicted octanol–water partition coefficient (Wildman–Crippen LogP) is 4.00. The van der Waals surface area contributed by atoms with Crippen LogP contribution in [0.3, 0.4) is 0 Å². The van der Waals surface area contributed by atoms with Crippen LogP contribution in [0.5, 0.6) is 0 Å². The maximum atomic E-state index is 12.5. The van der Waals surface area contributed by atoms with Crippen LogP contribution in [0.1, 0.15) is 30.0 Å². The number of halogens is 3. The van der Waals surface area contributed by atoms with E-state index in [1.807, 2.05) is 6.92 Å². The van der Waals surface area contributed by atoms with Gasteiger partial charge in [-0.3, -0.25) is 0 Å². The third kappa shape index (κ3) is 3.11. The molecule has 0 fully saturated rings. The fraction of sp³-hybridized carbons (Fsp3) is 0.333. The van der Waals surface area contributed by atoms with E-state index in [1.165, 1.54) is 6.07 Å². The number of benzene rings is 1. The molecule has 1 rings (SSSR count). The van der Waals surface area contributed by atoms with Gasteiger partial charge in [0, 0.05) is 0 Å². The van der Waals surface area contributed by atoms with Crippen LogP contribution in [-0.2, 0) is 12.6 Å². The molecule has 0 aliphatic carbocycles. The minimum absolute atomic E-state index is 0.397. The highest BCUT2D eigenvalue weighted by Crippen LogP contribution is 2.30. The van der Waals surface area contributed by atoms with E-state index in [4.69, 9.17) is 0 Å². The Morgan fingerprint density at radius 3 is 2.40 bits per heavy atom. The number of alkyl halides is 3. The first-order valence-corrected chi connectivity index (χ1v) is 4.71. The maximum Gasteiger partial charge on any atom is 0.416 e. The molecule has 0 aromatic heterocycles. The highest BCUT2D eigenvalue weighted by Gasteiger charge is 2.30. The lowest BCUT2D eigenvalue weighted by Crippen LogP contribution is -2.06. The van der Waals surface area contributed by atoms with E-state index < -0.39 is 11.7 Å². The normalized spacial score (nSPS) is 11.5. The van der Waals surface area contributed by atoms with Crippen molar-refractivity contribution in [3.05, 3.63) is 47.5 Å². The molecule has 0 saturated carbocycles. The van der Waals surface area contributed by atoms with E-state index in [2.05, 4.69) is 12.7 Å². The molecule has 1 aromatic carbocycles. The van der Waals surface area contributed by atoms with Crippen molar-refractivity contribution in [1.82, 2.24) is 0 Å². The highest BCUT2D eigenvalue weighted by molar-refractivity contribution is 5.34. The van der Waals surface area contributed by atoms with E-state index in [0.717, 1.165) is 12.5 Å². The third-order valence-corrected chi connectivity index (χ3v) is 2.06. The second-order valence-electron chi connectivity index (χ2n) is 3.34. The molecule has 1 aromatic rings. The molecule has 0 bridgehead atoms. The minimum Gasteiger partial charge on any atom is -0.166 e. The van der Waals surface area contributed by atoms with Crippen LogP contribution in [-0.4, -0.2) is 0 Å². The summed E-state index contributed by atoms with van der Waals surface area (Å²) in [6, 6.07) is 3.93. The summed E-state index contributed by atoms with van der Waals surface area (Å²) < 4.78 is 37.4. The van der Waals surface area contributed by atoms with Crippen LogP contribution < -0.4 is 0 Å². The van der Waals surface area contributed by atoms with Crippen molar-refractivity contribution >= 4 is 0 Å². The van der Waals surface area contributed by atoms with Crippen LogP contribution in [0.2, 0.25) is 0 Å². The number of aryl methyl sites for hydroxylation is 1. The molecule has 0 spiro atoms. The van der Waals surface area contributed by atoms with Gasteiger partial charge in [-0.2, -0.15) is 13.2 Å². The molecule has 1 radical (unpaired) electrons. The molecular formula is C12H12F3. The average molecular weight is 213 g/mol. The molecule has 0 atom stereocenters. The van der Waals surface area contributed by atoms with Gasteiger partial charge in [-0.1, -0.05) is 26.0 Å². The van der Waals surface area contributed by atoms with Gasteiger partial charge in [0.25, 0.3) is 0 Å². The molecule has 0 heterocycles. The van der Waals surface area contributed by atoms with E-state index >= 15 is 0 Å². The number of hydrogen-bond acceptors (Lipinski definition) is 0. The summed E-state index contributed by atoms with van der Waals surface area (Å²) in [5, 5.41) is 0. The van der Waals surface area contributed by atoms with E-state index in [0.29, 0.717) is 17.5 Å². The van der Waals surface area contributed by atoms with Crippen LogP contribution in [0.4, 0.5) is 13.2 Å². The maximum absolute atomic E-state index is 12.5. The van der Waals surface area contributed by atoms with Crippen molar-refractivity contribution < 1.29 is 13.2 Å². The van der Waals surface area contributed by atoms with Gasteiger partial charge >= 0.3 is 6.18 Å². The Morgan fingerprint density at radius 1 is 1.27 bits per heavy atom. The number of rotatable bonds is 3. The summed E-state index contributed by atoms with van der Waals surface area (Å²) in [5.74, 6) is 0.